The van der Waals surface area contributed by atoms with Gasteiger partial charge >= 0.3 is 0 Å². The number of carbonyl (C=O) groups excluding carboxylic acids is 1. The SMILES string of the molecule is Cc1ccc2ccc[n+](CC(=O)c3ccc(F)cc3)c2c1.[Br-]. The number of ketones is 1. The van der Waals surface area contributed by atoms with Crippen molar-refractivity contribution in [1.29, 1.82) is 0 Å². The molecule has 1 heterocycles. The lowest BCUT2D eigenvalue weighted by atomic mass is 10.1. The maximum atomic E-state index is 12.9. The molecule has 112 valence electrons. The predicted molar refractivity (Wildman–Crippen MR) is 79.6 cm³/mol. The molecule has 0 N–H and O–H groups in total. The molecule has 0 fully saturated rings. The summed E-state index contributed by atoms with van der Waals surface area (Å²) in [6.07, 6.45) is 1.89. The van der Waals surface area contributed by atoms with Gasteiger partial charge < -0.3 is 17.0 Å². The van der Waals surface area contributed by atoms with Gasteiger partial charge in [0.1, 0.15) is 5.82 Å². The second-order valence-electron chi connectivity index (χ2n) is 5.13. The third-order valence-corrected chi connectivity index (χ3v) is 3.52. The molecule has 0 aliphatic carbocycles. The number of nitrogens with zero attached hydrogens (tertiary/aromatic N) is 1. The standard InChI is InChI=1S/C18H15FNO.BrH/c1-13-4-5-14-3-2-10-20(17(14)11-13)12-18(21)15-6-8-16(19)9-7-15;/h2-11H,12H2,1H3;1H/q+1;/p-1. The van der Waals surface area contributed by atoms with Crippen LogP contribution in [0.2, 0.25) is 0 Å². The van der Waals surface area contributed by atoms with E-state index in [9.17, 15) is 9.18 Å². The van der Waals surface area contributed by atoms with Crippen LogP contribution < -0.4 is 21.5 Å². The van der Waals surface area contributed by atoms with Crippen LogP contribution in [0.1, 0.15) is 15.9 Å². The molecular weight excluding hydrogens is 345 g/mol. The van der Waals surface area contributed by atoms with E-state index < -0.39 is 0 Å². The van der Waals surface area contributed by atoms with Crippen molar-refractivity contribution in [3.05, 3.63) is 77.7 Å². The van der Waals surface area contributed by atoms with Gasteiger partial charge in [0.15, 0.2) is 6.20 Å². The highest BCUT2D eigenvalue weighted by Gasteiger charge is 2.15. The van der Waals surface area contributed by atoms with E-state index in [2.05, 4.69) is 12.1 Å². The van der Waals surface area contributed by atoms with Gasteiger partial charge in [-0.3, -0.25) is 4.79 Å². The molecule has 3 rings (SSSR count). The van der Waals surface area contributed by atoms with E-state index in [-0.39, 0.29) is 35.1 Å². The summed E-state index contributed by atoms with van der Waals surface area (Å²) in [5.41, 5.74) is 2.69. The van der Waals surface area contributed by atoms with E-state index in [1.165, 1.54) is 24.3 Å². The van der Waals surface area contributed by atoms with E-state index in [1.807, 2.05) is 35.9 Å². The first-order valence-corrected chi connectivity index (χ1v) is 6.81. The first-order valence-electron chi connectivity index (χ1n) is 6.81. The largest absolute Gasteiger partial charge is 1.00 e. The van der Waals surface area contributed by atoms with Crippen LogP contribution in [0.4, 0.5) is 4.39 Å². The maximum Gasteiger partial charge on any atom is 0.227 e. The maximum absolute atomic E-state index is 12.9. The van der Waals surface area contributed by atoms with Gasteiger partial charge in [-0.05, 0) is 48.9 Å². The van der Waals surface area contributed by atoms with Crippen molar-refractivity contribution in [3.8, 4) is 0 Å². The number of hydrogen-bond acceptors (Lipinski definition) is 1. The third kappa shape index (κ3) is 3.39. The van der Waals surface area contributed by atoms with Gasteiger partial charge in [-0.1, -0.05) is 6.07 Å². The monoisotopic (exact) mass is 359 g/mol. The Bertz CT molecular complexity index is 815. The quantitative estimate of drug-likeness (QED) is 0.491. The number of pyridine rings is 1. The lowest BCUT2D eigenvalue weighted by Gasteiger charge is -2.02. The molecule has 0 aliphatic heterocycles. The zero-order valence-electron chi connectivity index (χ0n) is 12.1. The van der Waals surface area contributed by atoms with Gasteiger partial charge in [-0.15, -0.1) is 0 Å². The van der Waals surface area contributed by atoms with Crippen LogP contribution in [0, 0.1) is 12.7 Å². The van der Waals surface area contributed by atoms with Crippen LogP contribution in [0.15, 0.2) is 60.8 Å². The molecule has 4 heteroatoms. The highest BCUT2D eigenvalue weighted by Crippen LogP contribution is 2.12. The fraction of sp³-hybridized carbons (Fsp3) is 0.111. The van der Waals surface area contributed by atoms with Gasteiger partial charge in [-0.2, -0.15) is 4.57 Å². The van der Waals surface area contributed by atoms with Gasteiger partial charge in [0, 0.05) is 23.1 Å². The summed E-state index contributed by atoms with van der Waals surface area (Å²) >= 11 is 0. The van der Waals surface area contributed by atoms with Crippen LogP contribution in [-0.4, -0.2) is 5.78 Å². The van der Waals surface area contributed by atoms with Crippen LogP contribution in [0.5, 0.6) is 0 Å². The Balaban J connectivity index is 0.00000176. The number of benzene rings is 2. The van der Waals surface area contributed by atoms with Crippen molar-refractivity contribution < 1.29 is 30.7 Å². The zero-order valence-corrected chi connectivity index (χ0v) is 13.7. The van der Waals surface area contributed by atoms with E-state index in [0.717, 1.165) is 16.5 Å². The second kappa shape index (κ2) is 6.79. The molecule has 0 unspecified atom stereocenters. The molecule has 0 bridgehead atoms. The van der Waals surface area contributed by atoms with Crippen molar-refractivity contribution in [2.45, 2.75) is 13.5 Å². The van der Waals surface area contributed by atoms with E-state index in [0.29, 0.717) is 5.56 Å². The van der Waals surface area contributed by atoms with Crippen LogP contribution in [0.3, 0.4) is 0 Å². The number of Topliss-reactive ketones (excluding diaryl/α,β-unsaturated/α-hetero) is 1. The summed E-state index contributed by atoms with van der Waals surface area (Å²) in [4.78, 5) is 12.3. The van der Waals surface area contributed by atoms with E-state index in [4.69, 9.17) is 0 Å². The van der Waals surface area contributed by atoms with Crippen molar-refractivity contribution in [3.63, 3.8) is 0 Å². The summed E-state index contributed by atoms with van der Waals surface area (Å²) in [5.74, 6) is -0.367. The minimum absolute atomic E-state index is 0. The number of hydrogen-bond donors (Lipinski definition) is 0. The van der Waals surface area contributed by atoms with E-state index in [1.54, 1.807) is 0 Å². The Morgan fingerprint density at radius 2 is 1.82 bits per heavy atom. The average molecular weight is 360 g/mol. The molecule has 0 radical (unpaired) electrons. The Labute approximate surface area is 139 Å². The summed E-state index contributed by atoms with van der Waals surface area (Å²) in [6.45, 7) is 2.27. The lowest BCUT2D eigenvalue weighted by molar-refractivity contribution is -0.657. The number of halogens is 2. The molecule has 2 nitrogen and oxygen atoms in total. The molecule has 0 spiro atoms. The van der Waals surface area contributed by atoms with E-state index >= 15 is 0 Å². The van der Waals surface area contributed by atoms with Gasteiger partial charge in [0.05, 0.1) is 0 Å². The van der Waals surface area contributed by atoms with Crippen molar-refractivity contribution in [2.24, 2.45) is 0 Å². The molecule has 0 amide bonds. The van der Waals surface area contributed by atoms with Crippen LogP contribution in [-0.2, 0) is 6.54 Å². The van der Waals surface area contributed by atoms with Gasteiger partial charge in [-0.25, -0.2) is 4.39 Å². The van der Waals surface area contributed by atoms with Crippen molar-refractivity contribution >= 4 is 16.7 Å². The Morgan fingerprint density at radius 3 is 2.55 bits per heavy atom. The van der Waals surface area contributed by atoms with Crippen molar-refractivity contribution in [1.82, 2.24) is 0 Å². The Hall–Kier alpha value is -2.07. The molecule has 0 saturated carbocycles. The number of fused-ring (bicyclic) bond motifs is 1. The average Bonchev–Trinajstić information content (AvgIpc) is 2.48. The fourth-order valence-electron chi connectivity index (χ4n) is 2.39. The first-order chi connectivity index (χ1) is 10.1. The molecule has 1 aromatic heterocycles. The zero-order chi connectivity index (χ0) is 14.8. The molecule has 3 aromatic rings. The minimum Gasteiger partial charge on any atom is -1.00 e. The number of carbonyl (C=O) groups is 1. The molecule has 2 aromatic carbocycles. The molecular formula is C18H15BrFNO. The minimum atomic E-state index is -0.333. The lowest BCUT2D eigenvalue weighted by Crippen LogP contribution is -3.00. The molecule has 22 heavy (non-hydrogen) atoms. The van der Waals surface area contributed by atoms with Crippen molar-refractivity contribution in [2.75, 3.05) is 0 Å². The highest BCUT2D eigenvalue weighted by molar-refractivity contribution is 5.95. The number of aromatic nitrogens is 1. The fourth-order valence-corrected chi connectivity index (χ4v) is 2.39. The summed E-state index contributed by atoms with van der Waals surface area (Å²) in [7, 11) is 0. The second-order valence-corrected chi connectivity index (χ2v) is 5.13. The predicted octanol–water partition coefficient (Wildman–Crippen LogP) is 0.462. The Morgan fingerprint density at radius 1 is 1.09 bits per heavy atom. The summed E-state index contributed by atoms with van der Waals surface area (Å²) in [5, 5.41) is 1.09. The normalized spacial score (nSPS) is 10.3. The third-order valence-electron chi connectivity index (χ3n) is 3.52. The molecule has 0 atom stereocenters. The smallest absolute Gasteiger partial charge is 0.227 e. The topological polar surface area (TPSA) is 20.9 Å². The summed E-state index contributed by atoms with van der Waals surface area (Å²) < 4.78 is 14.8. The number of rotatable bonds is 3. The number of aryl methyl sites for hydroxylation is 1. The van der Waals surface area contributed by atoms with Crippen LogP contribution >= 0.6 is 0 Å². The Kier molecular flexibility index (Phi) is 5.03. The highest BCUT2D eigenvalue weighted by atomic mass is 79.9. The first kappa shape index (κ1) is 16.3. The molecule has 0 saturated heterocycles. The van der Waals surface area contributed by atoms with Crippen LogP contribution in [0.25, 0.3) is 10.9 Å². The van der Waals surface area contributed by atoms with Gasteiger partial charge in [0.25, 0.3) is 0 Å². The van der Waals surface area contributed by atoms with Gasteiger partial charge in [0.2, 0.25) is 17.8 Å². The molecule has 0 aliphatic rings. The summed E-state index contributed by atoms with van der Waals surface area (Å²) in [6, 6.07) is 15.8.